The topological polar surface area (TPSA) is 526 Å². The van der Waals surface area contributed by atoms with Crippen LogP contribution in [0.1, 0.15) is 140 Å². The summed E-state index contributed by atoms with van der Waals surface area (Å²) < 4.78 is 5.94. The van der Waals surface area contributed by atoms with Crippen molar-refractivity contribution >= 4 is 123 Å². The number of thiocarbonyl (C=S) groups is 1. The Hall–Kier alpha value is -11.2. The Bertz CT molecular complexity index is 4030. The number of benzene rings is 3. The number of aliphatic hydroxyl groups is 1. The Morgan fingerprint density at radius 2 is 1.25 bits per heavy atom. The van der Waals surface area contributed by atoms with Crippen molar-refractivity contribution in [2.24, 2.45) is 10.8 Å². The average molecular weight is 1480 g/mol. The number of anilines is 1. The fourth-order valence-corrected chi connectivity index (χ4v) is 12.8. The van der Waals surface area contributed by atoms with E-state index in [2.05, 4.69) is 42.3 Å². The Labute approximate surface area is 606 Å². The molecule has 0 bridgehead atoms. The van der Waals surface area contributed by atoms with Crippen LogP contribution in [-0.2, 0) is 62.3 Å². The number of aliphatic hydroxyl groups excluding tert-OH is 1. The van der Waals surface area contributed by atoms with Gasteiger partial charge in [-0.3, -0.25) is 67.1 Å². The maximum absolute atomic E-state index is 14.5. The molecule has 0 unspecified atom stereocenters. The van der Waals surface area contributed by atoms with Crippen LogP contribution in [0.2, 0.25) is 0 Å². The standard InChI is InChI=1S/C69H87N13O22S/c1-4-5-28-72-82(35-54(87)80-30-9-12-49(80)62(96)76-46(22-25-56(90)91)61(95)75-45(60(70)94)21-24-55(88)89)66(100)36(2)73-65(99)59(37(3)83)78-64(98)50-13-10-31-81(50)67(101)47(23-26-57(92)93)77-63(97)48-11-8-29-79(48)53(86)14-6-7-27-71-69(105)74-38-15-18-41(68(102)103)44(32-38)58-42-19-16-39(84)33-51(42)104-52-34-40(85)17-20-43(52)58/h15-20,28,32-34,36-37,45-50,59,83-84H,4-14,21-27,29-31,35H2,1-3H3,(H2,70,94)(H,73,99)(H,75,95)(H,76,96)(H,77,97)(H,78,98)(H,88,89)(H,90,91)(H,92,93)(H,102,103)(H2,71,74,105)/b72-28+/t36-,37+,45-,46-,47-,48-,49-,50-,59-/m1/s1. The highest BCUT2D eigenvalue weighted by Gasteiger charge is 2.43. The van der Waals surface area contributed by atoms with Crippen LogP contribution in [0.5, 0.6) is 5.75 Å². The first-order valence-electron chi connectivity index (χ1n) is 34.4. The normalized spacial score (nSPS) is 17.3. The predicted octanol–water partition coefficient (Wildman–Crippen LogP) is 0.917. The van der Waals surface area contributed by atoms with Crippen LogP contribution < -0.4 is 48.4 Å². The van der Waals surface area contributed by atoms with Crippen molar-refractivity contribution in [2.75, 3.05) is 38.0 Å². The van der Waals surface area contributed by atoms with E-state index in [9.17, 15) is 97.5 Å². The molecule has 4 aliphatic heterocycles. The number of phenols is 1. The van der Waals surface area contributed by atoms with Gasteiger partial charge in [0.2, 0.25) is 53.2 Å². The molecule has 0 aromatic heterocycles. The Morgan fingerprint density at radius 3 is 1.85 bits per heavy atom. The van der Waals surface area contributed by atoms with Crippen LogP contribution in [0, 0.1) is 0 Å². The number of aromatic hydroxyl groups is 1. The summed E-state index contributed by atoms with van der Waals surface area (Å²) in [5, 5.41) is 83.4. The monoisotopic (exact) mass is 1480 g/mol. The summed E-state index contributed by atoms with van der Waals surface area (Å²) in [7, 11) is 0. The highest BCUT2D eigenvalue weighted by atomic mass is 32.1. The van der Waals surface area contributed by atoms with Gasteiger partial charge in [0.1, 0.15) is 72.0 Å². The third-order valence-electron chi connectivity index (χ3n) is 18.0. The second-order valence-corrected chi connectivity index (χ2v) is 26.1. The number of nitrogens with zero attached hydrogens (tertiary/aromatic N) is 5. The summed E-state index contributed by atoms with van der Waals surface area (Å²) in [4.78, 5) is 201. The van der Waals surface area contributed by atoms with Crippen LogP contribution in [0.3, 0.4) is 0 Å². The molecule has 9 atom stereocenters. The van der Waals surface area contributed by atoms with Gasteiger partial charge in [0.25, 0.3) is 5.91 Å². The fourth-order valence-electron chi connectivity index (χ4n) is 12.6. The molecule has 1 aliphatic carbocycles. The minimum atomic E-state index is -1.77. The summed E-state index contributed by atoms with van der Waals surface area (Å²) in [6.07, 6.45) is -0.554. The van der Waals surface area contributed by atoms with E-state index in [1.165, 1.54) is 67.4 Å². The van der Waals surface area contributed by atoms with Gasteiger partial charge in [-0.2, -0.15) is 5.10 Å². The number of primary amides is 1. The molecule has 10 amide bonds. The number of aliphatic carboxylic acids is 3. The molecule has 2 aromatic carbocycles. The number of aromatic carboxylic acids is 1. The van der Waals surface area contributed by atoms with Gasteiger partial charge in [0.15, 0.2) is 10.5 Å². The number of rotatable bonds is 36. The van der Waals surface area contributed by atoms with Crippen LogP contribution in [0.15, 0.2) is 68.9 Å². The van der Waals surface area contributed by atoms with Crippen LogP contribution in [0.25, 0.3) is 33.4 Å². The van der Waals surface area contributed by atoms with Gasteiger partial charge in [-0.25, -0.2) is 9.80 Å². The highest BCUT2D eigenvalue weighted by Crippen LogP contribution is 2.43. The zero-order valence-corrected chi connectivity index (χ0v) is 58.8. The molecule has 0 radical (unpaired) electrons. The lowest BCUT2D eigenvalue weighted by Gasteiger charge is -2.32. The number of unbranched alkanes of at least 4 members (excludes halogenated alkanes) is 2. The number of hydrazone groups is 1. The molecule has 15 N–H and O–H groups in total. The van der Waals surface area contributed by atoms with E-state index in [4.69, 9.17) is 27.5 Å². The zero-order chi connectivity index (χ0) is 76.9. The molecular weight excluding hydrogens is 1390 g/mol. The van der Waals surface area contributed by atoms with Crippen molar-refractivity contribution in [3.63, 3.8) is 0 Å². The molecule has 4 heterocycles. The largest absolute Gasteiger partial charge is 0.508 e. The van der Waals surface area contributed by atoms with Gasteiger partial charge in [0.05, 0.1) is 11.7 Å². The van der Waals surface area contributed by atoms with Crippen LogP contribution >= 0.6 is 12.2 Å². The zero-order valence-electron chi connectivity index (χ0n) is 58.0. The fraction of sp³-hybridized carbons (Fsp3) is 0.493. The van der Waals surface area contributed by atoms with E-state index >= 15 is 0 Å². The Balaban J connectivity index is 0.924. The van der Waals surface area contributed by atoms with Crippen molar-refractivity contribution in [3.05, 3.63) is 70.4 Å². The van der Waals surface area contributed by atoms with Gasteiger partial charge in [-0.05, 0) is 151 Å². The molecule has 3 fully saturated rings. The minimum Gasteiger partial charge on any atom is -0.508 e. The van der Waals surface area contributed by atoms with Crippen LogP contribution in [-0.4, -0.2) is 232 Å². The van der Waals surface area contributed by atoms with Gasteiger partial charge < -0.3 is 92.7 Å². The molecule has 36 heteroatoms. The van der Waals surface area contributed by atoms with E-state index in [-0.39, 0.29) is 109 Å². The van der Waals surface area contributed by atoms with E-state index in [1.807, 2.05) is 0 Å². The first kappa shape index (κ1) is 81.1. The SMILES string of the molecule is CCC/C=N/N(CC(=O)N1CCC[C@@H]1C(=O)N[C@H](CCC(=O)O)C(=O)N[C@H](CCC(=O)O)C(N)=O)C(=O)[C@@H](C)NC(=O)[C@H](NC(=O)[C@H]1CCCN1C(=O)[C@@H](CCC(=O)O)NC(=O)[C@H]1CCCN1C(=O)CCCCNC(=S)Nc1ccc(C(=O)O)c(-c2c3ccc(=O)cc-3oc3cc(O)ccc23)c1)[C@H](C)O. The first-order valence-corrected chi connectivity index (χ1v) is 34.8. The third kappa shape index (κ3) is 22.2. The number of hydrogen-bond donors (Lipinski definition) is 14. The van der Waals surface area contributed by atoms with E-state index in [1.54, 1.807) is 19.1 Å². The number of likely N-dealkylation sites (tertiary alicyclic amines) is 3. The summed E-state index contributed by atoms with van der Waals surface area (Å²) in [5.41, 5.74) is 6.68. The van der Waals surface area contributed by atoms with Gasteiger partial charge in [-0.1, -0.05) is 13.3 Å². The lowest BCUT2D eigenvalue weighted by Crippen LogP contribution is -2.60. The minimum absolute atomic E-state index is 0.00557. The number of nitrogens with one attached hydrogen (secondary N) is 7. The summed E-state index contributed by atoms with van der Waals surface area (Å²) in [6.45, 7) is 3.83. The van der Waals surface area contributed by atoms with Crippen molar-refractivity contribution in [1.82, 2.24) is 51.6 Å². The van der Waals surface area contributed by atoms with E-state index < -0.39 is 177 Å². The number of carbonyl (C=O) groups excluding carboxylic acids is 10. The smallest absolute Gasteiger partial charge is 0.336 e. The highest BCUT2D eigenvalue weighted by molar-refractivity contribution is 7.80. The third-order valence-corrected chi connectivity index (χ3v) is 18.2. The molecule has 3 saturated heterocycles. The molecule has 566 valence electrons. The van der Waals surface area contributed by atoms with Gasteiger partial charge >= 0.3 is 23.9 Å². The number of fused-ring (bicyclic) bond motifs is 2. The number of phenolic OH excluding ortho intramolecular Hbond substituents is 1. The number of nitrogens with two attached hydrogens (primary N) is 1. The summed E-state index contributed by atoms with van der Waals surface area (Å²) in [5.74, 6) is -13.9. The van der Waals surface area contributed by atoms with Crippen molar-refractivity contribution in [1.29, 1.82) is 0 Å². The van der Waals surface area contributed by atoms with Crippen molar-refractivity contribution in [3.8, 4) is 28.2 Å². The lowest BCUT2D eigenvalue weighted by molar-refractivity contribution is -0.146. The lowest BCUT2D eigenvalue weighted by atomic mass is 9.90. The Kier molecular flexibility index (Phi) is 29.2. The van der Waals surface area contributed by atoms with Gasteiger partial charge in [-0.15, -0.1) is 0 Å². The number of carbonyl (C=O) groups is 14. The molecule has 7 rings (SSSR count). The van der Waals surface area contributed by atoms with Crippen LogP contribution in [0.4, 0.5) is 5.69 Å². The molecule has 5 aliphatic rings. The second-order valence-electron chi connectivity index (χ2n) is 25.7. The number of carboxylic acids is 4. The maximum atomic E-state index is 14.5. The maximum Gasteiger partial charge on any atom is 0.336 e. The van der Waals surface area contributed by atoms with Crippen molar-refractivity contribution in [2.45, 2.75) is 184 Å². The van der Waals surface area contributed by atoms with Crippen molar-refractivity contribution < 1.29 is 102 Å². The average Bonchev–Trinajstić information content (AvgIpc) is 0.989. The number of carboxylic acid groups (broad SMARTS) is 4. The predicted molar refractivity (Wildman–Crippen MR) is 377 cm³/mol. The first-order chi connectivity index (χ1) is 49.9. The Morgan fingerprint density at radius 1 is 0.667 bits per heavy atom. The molecule has 35 nitrogen and oxygen atoms in total. The summed E-state index contributed by atoms with van der Waals surface area (Å²) in [6, 6.07) is 1.48. The molecular formula is C69H87N13O22S. The second kappa shape index (κ2) is 37.8. The van der Waals surface area contributed by atoms with E-state index in [0.29, 0.717) is 54.3 Å². The summed E-state index contributed by atoms with van der Waals surface area (Å²) >= 11 is 5.57. The molecule has 2 aromatic rings. The van der Waals surface area contributed by atoms with E-state index in [0.717, 1.165) is 14.8 Å². The number of hydrogen-bond acceptors (Lipinski definition) is 20. The molecule has 0 saturated carbocycles. The number of amides is 10. The molecule has 0 spiro atoms. The molecule has 105 heavy (non-hydrogen) atoms. The quantitative estimate of drug-likeness (QED) is 0.00989. The van der Waals surface area contributed by atoms with Gasteiger partial charge in [0, 0.05) is 92.4 Å².